The van der Waals surface area contributed by atoms with Crippen molar-refractivity contribution in [2.24, 2.45) is 0 Å². The second-order valence-electron chi connectivity index (χ2n) is 6.65. The number of hydrogen-bond donors (Lipinski definition) is 2. The fourth-order valence-corrected chi connectivity index (χ4v) is 4.65. The lowest BCUT2D eigenvalue weighted by atomic mass is 10.0. The highest BCUT2D eigenvalue weighted by Crippen LogP contribution is 2.27. The number of amides is 2. The van der Waals surface area contributed by atoms with Gasteiger partial charge in [0.2, 0.25) is 0 Å². The van der Waals surface area contributed by atoms with Gasteiger partial charge in [0.1, 0.15) is 6.61 Å². The number of aryl methyl sites for hydroxylation is 1. The standard InChI is InChI=1S/C21H23N3O5S2/c1-4-28-20(26)18-12(2)22-21(27)24-16(18)9-29-19(25)15-7-5-6-8-17(15)31-11-14-10-30-13(3)23-14/h5-8,10,12H,4,9,11H2,1-3H3,(H2,22,24,27). The van der Waals surface area contributed by atoms with E-state index in [4.69, 9.17) is 9.47 Å². The summed E-state index contributed by atoms with van der Waals surface area (Å²) in [7, 11) is 0. The molecule has 2 heterocycles. The van der Waals surface area contributed by atoms with Gasteiger partial charge in [-0.05, 0) is 32.9 Å². The number of hydrogen-bond acceptors (Lipinski definition) is 8. The molecule has 2 N–H and O–H groups in total. The van der Waals surface area contributed by atoms with Crippen molar-refractivity contribution in [2.45, 2.75) is 37.5 Å². The maximum atomic E-state index is 12.8. The van der Waals surface area contributed by atoms with Gasteiger partial charge in [0.25, 0.3) is 0 Å². The highest BCUT2D eigenvalue weighted by atomic mass is 32.2. The minimum Gasteiger partial charge on any atom is -0.463 e. The Balaban J connectivity index is 1.72. The summed E-state index contributed by atoms with van der Waals surface area (Å²) < 4.78 is 10.5. The number of urea groups is 1. The first-order valence-electron chi connectivity index (χ1n) is 9.66. The number of esters is 2. The van der Waals surface area contributed by atoms with Gasteiger partial charge in [-0.3, -0.25) is 0 Å². The van der Waals surface area contributed by atoms with Crippen LogP contribution < -0.4 is 10.6 Å². The summed E-state index contributed by atoms with van der Waals surface area (Å²) >= 11 is 3.08. The Morgan fingerprint density at radius 3 is 2.71 bits per heavy atom. The van der Waals surface area contributed by atoms with Crippen molar-refractivity contribution < 1.29 is 23.9 Å². The molecule has 0 spiro atoms. The Kier molecular flexibility index (Phi) is 7.69. The minimum absolute atomic E-state index is 0.194. The zero-order valence-electron chi connectivity index (χ0n) is 17.4. The summed E-state index contributed by atoms with van der Waals surface area (Å²) in [6, 6.07) is 6.10. The van der Waals surface area contributed by atoms with Crippen molar-refractivity contribution in [1.29, 1.82) is 0 Å². The molecule has 1 aromatic carbocycles. The quantitative estimate of drug-likeness (QED) is 0.458. The van der Waals surface area contributed by atoms with Gasteiger partial charge in [-0.25, -0.2) is 19.4 Å². The number of thiazole rings is 1. The lowest BCUT2D eigenvalue weighted by Gasteiger charge is -2.26. The number of benzene rings is 1. The van der Waals surface area contributed by atoms with Crippen molar-refractivity contribution in [3.63, 3.8) is 0 Å². The Hall–Kier alpha value is -2.85. The molecule has 0 aliphatic carbocycles. The number of ether oxygens (including phenoxy) is 2. The van der Waals surface area contributed by atoms with Gasteiger partial charge in [-0.15, -0.1) is 23.1 Å². The Morgan fingerprint density at radius 2 is 2.00 bits per heavy atom. The van der Waals surface area contributed by atoms with Crippen LogP contribution in [0.2, 0.25) is 0 Å². The molecule has 8 nitrogen and oxygen atoms in total. The molecule has 0 saturated carbocycles. The number of rotatable bonds is 8. The van der Waals surface area contributed by atoms with Crippen LogP contribution in [0.25, 0.3) is 0 Å². The van der Waals surface area contributed by atoms with E-state index in [-0.39, 0.29) is 24.5 Å². The Morgan fingerprint density at radius 1 is 1.23 bits per heavy atom. The highest BCUT2D eigenvalue weighted by molar-refractivity contribution is 7.98. The monoisotopic (exact) mass is 461 g/mol. The van der Waals surface area contributed by atoms with Crippen LogP contribution in [0.1, 0.15) is 34.9 Å². The summed E-state index contributed by atoms with van der Waals surface area (Å²) in [6.07, 6.45) is 0. The third kappa shape index (κ3) is 5.86. The summed E-state index contributed by atoms with van der Waals surface area (Å²) in [4.78, 5) is 42.1. The van der Waals surface area contributed by atoms with Crippen LogP contribution in [0.4, 0.5) is 4.79 Å². The van der Waals surface area contributed by atoms with Crippen LogP contribution in [-0.2, 0) is 20.0 Å². The second-order valence-corrected chi connectivity index (χ2v) is 8.73. The van der Waals surface area contributed by atoms with Gasteiger partial charge >= 0.3 is 18.0 Å². The van der Waals surface area contributed by atoms with Crippen molar-refractivity contribution in [3.8, 4) is 0 Å². The number of nitrogens with zero attached hydrogens (tertiary/aromatic N) is 1. The van der Waals surface area contributed by atoms with E-state index < -0.39 is 24.0 Å². The van der Waals surface area contributed by atoms with E-state index in [2.05, 4.69) is 15.6 Å². The SMILES string of the molecule is CCOC(=O)C1=C(COC(=O)c2ccccc2SCc2csc(C)n2)NC(=O)NC1C. The van der Waals surface area contributed by atoms with E-state index in [1.165, 1.54) is 11.8 Å². The first-order valence-corrected chi connectivity index (χ1v) is 11.5. The van der Waals surface area contributed by atoms with Gasteiger partial charge in [0.15, 0.2) is 0 Å². The normalized spacial score (nSPS) is 15.8. The molecule has 0 bridgehead atoms. The molecule has 1 unspecified atom stereocenters. The summed E-state index contributed by atoms with van der Waals surface area (Å²) in [5.41, 5.74) is 1.80. The third-order valence-corrected chi connectivity index (χ3v) is 6.29. The average molecular weight is 462 g/mol. The summed E-state index contributed by atoms with van der Waals surface area (Å²) in [5, 5.41) is 8.14. The molecule has 1 aromatic heterocycles. The maximum Gasteiger partial charge on any atom is 0.339 e. The topological polar surface area (TPSA) is 107 Å². The molecule has 1 aliphatic rings. The van der Waals surface area contributed by atoms with Gasteiger partial charge in [0.05, 0.1) is 40.2 Å². The number of nitrogens with one attached hydrogen (secondary N) is 2. The highest BCUT2D eigenvalue weighted by Gasteiger charge is 2.30. The van der Waals surface area contributed by atoms with Gasteiger partial charge < -0.3 is 20.1 Å². The summed E-state index contributed by atoms with van der Waals surface area (Å²) in [6.45, 7) is 5.25. The fraction of sp³-hybridized carbons (Fsp3) is 0.333. The molecular weight excluding hydrogens is 438 g/mol. The molecule has 0 radical (unpaired) electrons. The first-order chi connectivity index (χ1) is 14.9. The maximum absolute atomic E-state index is 12.8. The third-order valence-electron chi connectivity index (χ3n) is 4.36. The second kappa shape index (κ2) is 10.5. The fourth-order valence-electron chi connectivity index (χ4n) is 3.00. The number of carbonyl (C=O) groups excluding carboxylic acids is 3. The van der Waals surface area contributed by atoms with Crippen molar-refractivity contribution in [2.75, 3.05) is 13.2 Å². The largest absolute Gasteiger partial charge is 0.463 e. The molecule has 2 aromatic rings. The van der Waals surface area contributed by atoms with Crippen LogP contribution in [0.5, 0.6) is 0 Å². The lowest BCUT2D eigenvalue weighted by Crippen LogP contribution is -2.50. The molecule has 0 saturated heterocycles. The smallest absolute Gasteiger partial charge is 0.339 e. The number of thioether (sulfide) groups is 1. The van der Waals surface area contributed by atoms with E-state index in [1.54, 1.807) is 37.3 Å². The number of aromatic nitrogens is 1. The van der Waals surface area contributed by atoms with Crippen molar-refractivity contribution >= 4 is 41.1 Å². The average Bonchev–Trinajstić information content (AvgIpc) is 3.15. The molecule has 164 valence electrons. The van der Waals surface area contributed by atoms with Crippen LogP contribution in [0, 0.1) is 6.92 Å². The van der Waals surface area contributed by atoms with E-state index in [9.17, 15) is 14.4 Å². The van der Waals surface area contributed by atoms with Gasteiger partial charge in [0, 0.05) is 16.0 Å². The summed E-state index contributed by atoms with van der Waals surface area (Å²) in [5.74, 6) is -0.483. The van der Waals surface area contributed by atoms with Gasteiger partial charge in [-0.2, -0.15) is 0 Å². The van der Waals surface area contributed by atoms with Crippen molar-refractivity contribution in [3.05, 3.63) is 57.2 Å². The molecular formula is C21H23N3O5S2. The van der Waals surface area contributed by atoms with Crippen LogP contribution in [0.15, 0.2) is 45.8 Å². The zero-order chi connectivity index (χ0) is 22.4. The molecule has 3 rings (SSSR count). The molecule has 10 heteroatoms. The molecule has 0 fully saturated rings. The van der Waals surface area contributed by atoms with Crippen LogP contribution in [0.3, 0.4) is 0 Å². The van der Waals surface area contributed by atoms with E-state index in [0.717, 1.165) is 15.6 Å². The van der Waals surface area contributed by atoms with Crippen LogP contribution >= 0.6 is 23.1 Å². The predicted molar refractivity (Wildman–Crippen MR) is 118 cm³/mol. The predicted octanol–water partition coefficient (Wildman–Crippen LogP) is 3.42. The molecule has 31 heavy (non-hydrogen) atoms. The van der Waals surface area contributed by atoms with Gasteiger partial charge in [-0.1, -0.05) is 12.1 Å². The first kappa shape index (κ1) is 22.8. The molecule has 2 amide bonds. The minimum atomic E-state index is -0.567. The Bertz CT molecular complexity index is 1020. The van der Waals surface area contributed by atoms with E-state index >= 15 is 0 Å². The van der Waals surface area contributed by atoms with E-state index in [0.29, 0.717) is 11.3 Å². The van der Waals surface area contributed by atoms with E-state index in [1.807, 2.05) is 24.4 Å². The van der Waals surface area contributed by atoms with Crippen LogP contribution in [-0.4, -0.2) is 42.2 Å². The molecule has 1 aliphatic heterocycles. The Labute approximate surface area is 188 Å². The van der Waals surface area contributed by atoms with Crippen molar-refractivity contribution in [1.82, 2.24) is 15.6 Å². The molecule has 1 atom stereocenters. The lowest BCUT2D eigenvalue weighted by molar-refractivity contribution is -0.139. The zero-order valence-corrected chi connectivity index (χ0v) is 19.0. The number of carbonyl (C=O) groups is 3.